The SMILES string of the molecule is [2H]C([2H])([2H])C(=O)NCC1CC(C(C)C)C1. The van der Waals surface area contributed by atoms with Crippen molar-refractivity contribution in [3.8, 4) is 0 Å². The second-order valence-electron chi connectivity index (χ2n) is 4.05. The van der Waals surface area contributed by atoms with Crippen molar-refractivity contribution in [1.82, 2.24) is 5.32 Å². The Kier molecular flexibility index (Phi) is 1.96. The highest BCUT2D eigenvalue weighted by Crippen LogP contribution is 2.38. The molecule has 1 fully saturated rings. The van der Waals surface area contributed by atoms with Gasteiger partial charge in [-0.3, -0.25) is 4.79 Å². The molecule has 0 aliphatic heterocycles. The lowest BCUT2D eigenvalue weighted by Gasteiger charge is -2.38. The lowest BCUT2D eigenvalue weighted by molar-refractivity contribution is -0.119. The van der Waals surface area contributed by atoms with Crippen molar-refractivity contribution in [3.63, 3.8) is 0 Å². The monoisotopic (exact) mass is 172 g/mol. The molecule has 0 spiro atoms. The zero-order valence-corrected chi connectivity index (χ0v) is 7.76. The van der Waals surface area contributed by atoms with E-state index in [-0.39, 0.29) is 0 Å². The molecule has 2 nitrogen and oxygen atoms in total. The summed E-state index contributed by atoms with van der Waals surface area (Å²) < 4.78 is 20.7. The Hall–Kier alpha value is -0.530. The van der Waals surface area contributed by atoms with Gasteiger partial charge in [0.25, 0.3) is 0 Å². The zero-order valence-electron chi connectivity index (χ0n) is 10.8. The van der Waals surface area contributed by atoms with Crippen LogP contribution in [0.25, 0.3) is 0 Å². The van der Waals surface area contributed by atoms with Crippen LogP contribution in [-0.4, -0.2) is 12.5 Å². The molecule has 0 aromatic carbocycles. The summed E-state index contributed by atoms with van der Waals surface area (Å²) in [6.07, 6.45) is 2.22. The van der Waals surface area contributed by atoms with E-state index in [9.17, 15) is 4.79 Å². The number of hydrogen-bond donors (Lipinski definition) is 1. The molecular weight excluding hydrogens is 150 g/mol. The molecule has 0 bridgehead atoms. The van der Waals surface area contributed by atoms with Crippen LogP contribution < -0.4 is 5.32 Å². The van der Waals surface area contributed by atoms with Gasteiger partial charge in [0.1, 0.15) is 0 Å². The molecule has 0 atom stereocenters. The summed E-state index contributed by atoms with van der Waals surface area (Å²) >= 11 is 0. The molecule has 1 aliphatic rings. The van der Waals surface area contributed by atoms with E-state index in [4.69, 9.17) is 4.11 Å². The fraction of sp³-hybridized carbons (Fsp3) is 0.900. The van der Waals surface area contributed by atoms with Gasteiger partial charge in [-0.1, -0.05) is 13.8 Å². The smallest absolute Gasteiger partial charge is 0.216 e. The third-order valence-corrected chi connectivity index (χ3v) is 2.77. The van der Waals surface area contributed by atoms with E-state index in [0.29, 0.717) is 18.4 Å². The lowest BCUT2D eigenvalue weighted by atomic mass is 9.69. The summed E-state index contributed by atoms with van der Waals surface area (Å²) in [5, 5.41) is 2.48. The van der Waals surface area contributed by atoms with Crippen molar-refractivity contribution in [1.29, 1.82) is 0 Å². The molecule has 0 unspecified atom stereocenters. The largest absolute Gasteiger partial charge is 0.356 e. The topological polar surface area (TPSA) is 29.1 Å². The number of carbonyl (C=O) groups excluding carboxylic acids is 1. The van der Waals surface area contributed by atoms with Crippen molar-refractivity contribution in [3.05, 3.63) is 0 Å². The maximum Gasteiger partial charge on any atom is 0.216 e. The van der Waals surface area contributed by atoms with Gasteiger partial charge in [0, 0.05) is 17.5 Å². The minimum atomic E-state index is -2.50. The number of carbonyl (C=O) groups is 1. The van der Waals surface area contributed by atoms with Crippen LogP contribution in [0.2, 0.25) is 0 Å². The van der Waals surface area contributed by atoms with Crippen molar-refractivity contribution in [2.24, 2.45) is 17.8 Å². The van der Waals surface area contributed by atoms with Crippen LogP contribution in [0.5, 0.6) is 0 Å². The number of hydrogen-bond acceptors (Lipinski definition) is 1. The second kappa shape index (κ2) is 3.92. The summed E-state index contributed by atoms with van der Waals surface area (Å²) in [6.45, 7) is 2.41. The number of amides is 1. The Morgan fingerprint density at radius 3 is 2.83 bits per heavy atom. The summed E-state index contributed by atoms with van der Waals surface area (Å²) in [5.74, 6) is 1.10. The molecule has 12 heavy (non-hydrogen) atoms. The number of rotatable bonds is 3. The molecular formula is C10H19NO. The van der Waals surface area contributed by atoms with Crippen LogP contribution in [0.15, 0.2) is 0 Å². The van der Waals surface area contributed by atoms with Gasteiger partial charge in [-0.2, -0.15) is 0 Å². The maximum absolute atomic E-state index is 11.1. The Morgan fingerprint density at radius 1 is 1.67 bits per heavy atom. The third kappa shape index (κ3) is 2.50. The molecule has 70 valence electrons. The van der Waals surface area contributed by atoms with Gasteiger partial charge in [0.05, 0.1) is 0 Å². The van der Waals surface area contributed by atoms with Crippen LogP contribution >= 0.6 is 0 Å². The van der Waals surface area contributed by atoms with Crippen molar-refractivity contribution < 1.29 is 8.91 Å². The fourth-order valence-corrected chi connectivity index (χ4v) is 1.74. The van der Waals surface area contributed by atoms with Crippen molar-refractivity contribution in [2.45, 2.75) is 33.5 Å². The van der Waals surface area contributed by atoms with Crippen LogP contribution in [0.3, 0.4) is 0 Å². The summed E-state index contributed by atoms with van der Waals surface area (Å²) in [5.41, 5.74) is 0. The van der Waals surface area contributed by atoms with E-state index in [0.717, 1.165) is 18.8 Å². The van der Waals surface area contributed by atoms with E-state index in [1.54, 1.807) is 0 Å². The van der Waals surface area contributed by atoms with Gasteiger partial charge in [0.15, 0.2) is 0 Å². The molecule has 0 aromatic rings. The predicted molar refractivity (Wildman–Crippen MR) is 49.7 cm³/mol. The first-order valence-electron chi connectivity index (χ1n) is 6.09. The van der Waals surface area contributed by atoms with Crippen LogP contribution in [0, 0.1) is 17.8 Å². The molecule has 1 rings (SSSR count). The zero-order chi connectivity index (χ0) is 11.6. The second-order valence-corrected chi connectivity index (χ2v) is 4.05. The molecule has 0 radical (unpaired) electrons. The van der Waals surface area contributed by atoms with E-state index >= 15 is 0 Å². The number of nitrogens with one attached hydrogen (secondary N) is 1. The first kappa shape index (κ1) is 6.01. The Morgan fingerprint density at radius 2 is 2.33 bits per heavy atom. The van der Waals surface area contributed by atoms with Crippen molar-refractivity contribution >= 4 is 5.91 Å². The quantitative estimate of drug-likeness (QED) is 0.691. The third-order valence-electron chi connectivity index (χ3n) is 2.77. The summed E-state index contributed by atoms with van der Waals surface area (Å²) in [7, 11) is 0. The maximum atomic E-state index is 11.1. The van der Waals surface area contributed by atoms with E-state index < -0.39 is 12.8 Å². The first-order valence-corrected chi connectivity index (χ1v) is 4.59. The molecule has 0 aromatic heterocycles. The highest BCUT2D eigenvalue weighted by atomic mass is 16.1. The van der Waals surface area contributed by atoms with Gasteiger partial charge in [-0.25, -0.2) is 0 Å². The fourth-order valence-electron chi connectivity index (χ4n) is 1.74. The van der Waals surface area contributed by atoms with Crippen LogP contribution in [-0.2, 0) is 4.79 Å². The van der Waals surface area contributed by atoms with E-state index in [1.165, 1.54) is 0 Å². The summed E-state index contributed by atoms with van der Waals surface area (Å²) in [6, 6.07) is 0. The lowest BCUT2D eigenvalue weighted by Crippen LogP contribution is -2.36. The minimum absolute atomic E-state index is 0.476. The first-order chi connectivity index (χ1) is 6.80. The molecule has 0 heterocycles. The van der Waals surface area contributed by atoms with Gasteiger partial charge in [0.2, 0.25) is 5.91 Å². The van der Waals surface area contributed by atoms with E-state index in [2.05, 4.69) is 19.2 Å². The minimum Gasteiger partial charge on any atom is -0.356 e. The highest BCUT2D eigenvalue weighted by Gasteiger charge is 2.30. The van der Waals surface area contributed by atoms with E-state index in [1.807, 2.05) is 0 Å². The Balaban J connectivity index is 2.16. The Labute approximate surface area is 78.9 Å². The average molecular weight is 172 g/mol. The molecule has 1 amide bonds. The molecule has 0 saturated heterocycles. The predicted octanol–water partition coefficient (Wildman–Crippen LogP) is 1.80. The highest BCUT2D eigenvalue weighted by molar-refractivity contribution is 5.72. The van der Waals surface area contributed by atoms with Gasteiger partial charge in [-0.05, 0) is 30.6 Å². The molecule has 1 aliphatic carbocycles. The molecule has 1 saturated carbocycles. The molecule has 1 N–H and O–H groups in total. The van der Waals surface area contributed by atoms with Gasteiger partial charge in [-0.15, -0.1) is 0 Å². The van der Waals surface area contributed by atoms with Crippen LogP contribution in [0.1, 0.15) is 37.7 Å². The average Bonchev–Trinajstić information content (AvgIpc) is 1.98. The molecule has 2 heteroatoms. The van der Waals surface area contributed by atoms with Crippen molar-refractivity contribution in [2.75, 3.05) is 6.54 Å². The van der Waals surface area contributed by atoms with Gasteiger partial charge >= 0.3 is 0 Å². The normalized spacial score (nSPS) is 33.1. The van der Waals surface area contributed by atoms with Crippen LogP contribution in [0.4, 0.5) is 0 Å². The summed E-state index contributed by atoms with van der Waals surface area (Å²) in [4.78, 5) is 11.1. The van der Waals surface area contributed by atoms with Gasteiger partial charge < -0.3 is 5.32 Å². The Bertz CT molecular complexity index is 231. The standard InChI is InChI=1S/C10H19NO/c1-7(2)10-4-9(5-10)6-11-8(3)12/h7,9-10H,4-6H2,1-3H3,(H,11,12)/i3D3.